The number of cyclic esters (lactones) is 1. The van der Waals surface area contributed by atoms with Crippen LogP contribution >= 0.6 is 0 Å². The number of ether oxygens (including phenoxy) is 1. The minimum Gasteiger partial charge on any atom is -0.430 e. The van der Waals surface area contributed by atoms with Gasteiger partial charge in [-0.2, -0.15) is 0 Å². The summed E-state index contributed by atoms with van der Waals surface area (Å²) in [7, 11) is 0. The van der Waals surface area contributed by atoms with Crippen LogP contribution in [0.15, 0.2) is 91.0 Å². The number of nitrogens with zero attached hydrogens (tertiary/aromatic N) is 1. The molecular formula is C28H29NO3. The Labute approximate surface area is 189 Å². The Morgan fingerprint density at radius 3 is 1.78 bits per heavy atom. The molecule has 0 bridgehead atoms. The Morgan fingerprint density at radius 1 is 0.844 bits per heavy atom. The third-order valence-electron chi connectivity index (χ3n) is 6.29. The summed E-state index contributed by atoms with van der Waals surface area (Å²) in [5.41, 5.74) is 1.75. The lowest BCUT2D eigenvalue weighted by atomic mass is 9.75. The van der Waals surface area contributed by atoms with Crippen molar-refractivity contribution in [2.45, 2.75) is 44.8 Å². The van der Waals surface area contributed by atoms with Crippen LogP contribution in [0.2, 0.25) is 0 Å². The molecule has 164 valence electrons. The minimum atomic E-state index is -1.06. The Kier molecular flexibility index (Phi) is 6.13. The minimum absolute atomic E-state index is 0.00670. The third kappa shape index (κ3) is 3.81. The fraction of sp³-hybridized carbons (Fsp3) is 0.286. The van der Waals surface area contributed by atoms with E-state index in [1.54, 1.807) is 0 Å². The van der Waals surface area contributed by atoms with Crippen LogP contribution in [0.1, 0.15) is 49.8 Å². The number of imide groups is 1. The van der Waals surface area contributed by atoms with Gasteiger partial charge in [0.2, 0.25) is 5.91 Å². The number of hydrogen-bond donors (Lipinski definition) is 0. The molecule has 4 heteroatoms. The largest absolute Gasteiger partial charge is 0.430 e. The summed E-state index contributed by atoms with van der Waals surface area (Å²) in [5, 5.41) is 0. The maximum absolute atomic E-state index is 13.5. The highest BCUT2D eigenvalue weighted by Gasteiger charge is 2.59. The van der Waals surface area contributed by atoms with Gasteiger partial charge < -0.3 is 4.74 Å². The van der Waals surface area contributed by atoms with E-state index in [1.807, 2.05) is 112 Å². The van der Waals surface area contributed by atoms with E-state index in [9.17, 15) is 9.59 Å². The van der Waals surface area contributed by atoms with Crippen molar-refractivity contribution in [3.63, 3.8) is 0 Å². The SMILES string of the molecule is CC(C)[C@@H]1N(C(=O)C[C@@H](C)c2ccccc2)C(=O)OC1(c1ccccc1)c1ccccc1. The average Bonchev–Trinajstić information content (AvgIpc) is 3.15. The lowest BCUT2D eigenvalue weighted by Gasteiger charge is -2.37. The number of rotatable bonds is 6. The first-order valence-electron chi connectivity index (χ1n) is 11.2. The van der Waals surface area contributed by atoms with Crippen LogP contribution in [0.3, 0.4) is 0 Å². The smallest absolute Gasteiger partial charge is 0.418 e. The summed E-state index contributed by atoms with van der Waals surface area (Å²) < 4.78 is 6.18. The van der Waals surface area contributed by atoms with Crippen molar-refractivity contribution >= 4 is 12.0 Å². The summed E-state index contributed by atoms with van der Waals surface area (Å²) in [6.45, 7) is 6.09. The fourth-order valence-corrected chi connectivity index (χ4v) is 4.82. The van der Waals surface area contributed by atoms with E-state index < -0.39 is 17.7 Å². The Morgan fingerprint density at radius 2 is 1.31 bits per heavy atom. The standard InChI is InChI=1S/C28H29NO3/c1-20(2)26-28(23-15-9-5-10-16-23,24-17-11-6-12-18-24)32-27(31)29(26)25(30)19-21(3)22-13-7-4-8-14-22/h4-18,20-21,26H,19H2,1-3H3/t21-,26+/m1/s1. The topological polar surface area (TPSA) is 46.6 Å². The molecule has 0 aliphatic carbocycles. The van der Waals surface area contributed by atoms with E-state index in [1.165, 1.54) is 4.90 Å². The first-order valence-corrected chi connectivity index (χ1v) is 11.2. The molecule has 0 saturated carbocycles. The lowest BCUT2D eigenvalue weighted by Crippen LogP contribution is -2.50. The molecular weight excluding hydrogens is 398 g/mol. The molecule has 0 aromatic heterocycles. The zero-order chi connectivity index (χ0) is 22.7. The van der Waals surface area contributed by atoms with Crippen LogP contribution < -0.4 is 0 Å². The Hall–Kier alpha value is -3.40. The van der Waals surface area contributed by atoms with Gasteiger partial charge in [-0.15, -0.1) is 0 Å². The number of carbonyl (C=O) groups excluding carboxylic acids is 2. The van der Waals surface area contributed by atoms with Gasteiger partial charge in [-0.3, -0.25) is 4.79 Å². The van der Waals surface area contributed by atoms with Crippen LogP contribution in [0.25, 0.3) is 0 Å². The predicted molar refractivity (Wildman–Crippen MR) is 125 cm³/mol. The van der Waals surface area contributed by atoms with Crippen molar-refractivity contribution in [2.75, 3.05) is 0 Å². The van der Waals surface area contributed by atoms with Crippen molar-refractivity contribution < 1.29 is 14.3 Å². The van der Waals surface area contributed by atoms with Crippen LogP contribution in [-0.4, -0.2) is 22.9 Å². The zero-order valence-corrected chi connectivity index (χ0v) is 18.8. The molecule has 1 fully saturated rings. The second kappa shape index (κ2) is 8.99. The molecule has 1 saturated heterocycles. The molecule has 4 rings (SSSR count). The number of hydrogen-bond acceptors (Lipinski definition) is 3. The van der Waals surface area contributed by atoms with Crippen molar-refractivity contribution in [1.29, 1.82) is 0 Å². The zero-order valence-electron chi connectivity index (χ0n) is 18.8. The van der Waals surface area contributed by atoms with Gasteiger partial charge in [0, 0.05) is 17.5 Å². The Bertz CT molecular complexity index is 1020. The van der Waals surface area contributed by atoms with Gasteiger partial charge in [-0.1, -0.05) is 112 Å². The van der Waals surface area contributed by atoms with Crippen LogP contribution in [0.4, 0.5) is 4.79 Å². The van der Waals surface area contributed by atoms with Crippen LogP contribution in [0.5, 0.6) is 0 Å². The monoisotopic (exact) mass is 427 g/mol. The lowest BCUT2D eigenvalue weighted by molar-refractivity contribution is -0.130. The van der Waals surface area contributed by atoms with Crippen molar-refractivity contribution in [1.82, 2.24) is 4.90 Å². The van der Waals surface area contributed by atoms with E-state index in [4.69, 9.17) is 4.74 Å². The summed E-state index contributed by atoms with van der Waals surface area (Å²) in [5.74, 6) is -0.232. The van der Waals surface area contributed by atoms with Crippen LogP contribution in [-0.2, 0) is 15.1 Å². The van der Waals surface area contributed by atoms with Crippen LogP contribution in [0, 0.1) is 5.92 Å². The van der Waals surface area contributed by atoms with Gasteiger partial charge >= 0.3 is 6.09 Å². The van der Waals surface area contributed by atoms with Gasteiger partial charge in [0.25, 0.3) is 0 Å². The number of amides is 2. The number of carbonyl (C=O) groups is 2. The second-order valence-electron chi connectivity index (χ2n) is 8.80. The summed E-state index contributed by atoms with van der Waals surface area (Å²) in [4.78, 5) is 28.2. The van der Waals surface area contributed by atoms with E-state index in [2.05, 4.69) is 0 Å². The molecule has 0 unspecified atom stereocenters. The van der Waals surface area contributed by atoms with E-state index in [0.29, 0.717) is 0 Å². The first-order chi connectivity index (χ1) is 15.4. The van der Waals surface area contributed by atoms with Gasteiger partial charge in [-0.05, 0) is 17.4 Å². The molecule has 2 amide bonds. The number of benzene rings is 3. The quantitative estimate of drug-likeness (QED) is 0.476. The van der Waals surface area contributed by atoms with E-state index >= 15 is 0 Å². The molecule has 2 atom stereocenters. The Balaban J connectivity index is 1.77. The summed E-state index contributed by atoms with van der Waals surface area (Å²) in [6.07, 6.45) is -0.344. The van der Waals surface area contributed by atoms with E-state index in [0.717, 1.165) is 16.7 Å². The van der Waals surface area contributed by atoms with Gasteiger partial charge in [-0.25, -0.2) is 9.69 Å². The summed E-state index contributed by atoms with van der Waals surface area (Å²) >= 11 is 0. The van der Waals surface area contributed by atoms with E-state index in [-0.39, 0.29) is 24.2 Å². The molecule has 1 aliphatic rings. The molecule has 1 aliphatic heterocycles. The third-order valence-corrected chi connectivity index (χ3v) is 6.29. The fourth-order valence-electron chi connectivity index (χ4n) is 4.82. The van der Waals surface area contributed by atoms with Gasteiger partial charge in [0.15, 0.2) is 5.60 Å². The second-order valence-corrected chi connectivity index (χ2v) is 8.80. The highest BCUT2D eigenvalue weighted by Crippen LogP contribution is 2.47. The predicted octanol–water partition coefficient (Wildman–Crippen LogP) is 6.13. The molecule has 3 aromatic carbocycles. The maximum Gasteiger partial charge on any atom is 0.418 e. The highest BCUT2D eigenvalue weighted by atomic mass is 16.6. The maximum atomic E-state index is 13.5. The molecule has 3 aromatic rings. The summed E-state index contributed by atoms with van der Waals surface area (Å²) in [6, 6.07) is 29.0. The highest BCUT2D eigenvalue weighted by molar-refractivity contribution is 5.95. The molecule has 0 spiro atoms. The van der Waals surface area contributed by atoms with Gasteiger partial charge in [0.05, 0.1) is 6.04 Å². The van der Waals surface area contributed by atoms with Gasteiger partial charge in [0.1, 0.15) is 0 Å². The molecule has 0 N–H and O–H groups in total. The molecule has 32 heavy (non-hydrogen) atoms. The average molecular weight is 428 g/mol. The molecule has 0 radical (unpaired) electrons. The molecule has 1 heterocycles. The first kappa shape index (κ1) is 21.8. The molecule has 4 nitrogen and oxygen atoms in total. The normalized spacial score (nSPS) is 18.4. The van der Waals surface area contributed by atoms with Crippen molar-refractivity contribution in [3.05, 3.63) is 108 Å². The van der Waals surface area contributed by atoms with Crippen molar-refractivity contribution in [2.24, 2.45) is 5.92 Å². The van der Waals surface area contributed by atoms with Crippen molar-refractivity contribution in [3.8, 4) is 0 Å².